The summed E-state index contributed by atoms with van der Waals surface area (Å²) in [6, 6.07) is 25.6. The Morgan fingerprint density at radius 3 is 2.51 bits per heavy atom. The van der Waals surface area contributed by atoms with Crippen molar-refractivity contribution in [2.45, 2.75) is 25.9 Å². The van der Waals surface area contributed by atoms with Gasteiger partial charge < -0.3 is 5.32 Å². The van der Waals surface area contributed by atoms with Gasteiger partial charge in [-0.05, 0) is 71.3 Å². The maximum Gasteiger partial charge on any atom is 0.200 e. The Labute approximate surface area is 249 Å². The van der Waals surface area contributed by atoms with Crippen molar-refractivity contribution in [2.75, 3.05) is 0 Å². The number of amidine groups is 2. The van der Waals surface area contributed by atoms with Gasteiger partial charge in [0, 0.05) is 31.7 Å². The molecule has 0 spiro atoms. The Bertz CT molecular complexity index is 1890. The van der Waals surface area contributed by atoms with Crippen molar-refractivity contribution in [3.8, 4) is 0 Å². The van der Waals surface area contributed by atoms with Crippen LogP contribution >= 0.6 is 22.9 Å². The number of benzene rings is 3. The first kappa shape index (κ1) is 25.9. The van der Waals surface area contributed by atoms with E-state index in [-0.39, 0.29) is 0 Å². The molecule has 0 radical (unpaired) electrons. The first-order valence-electron chi connectivity index (χ1n) is 14.0. The van der Waals surface area contributed by atoms with E-state index in [2.05, 4.69) is 109 Å². The summed E-state index contributed by atoms with van der Waals surface area (Å²) >= 11 is 8.47. The molecule has 2 heterocycles. The molecule has 3 nitrogen and oxygen atoms in total. The van der Waals surface area contributed by atoms with Gasteiger partial charge in [0.2, 0.25) is 0 Å². The van der Waals surface area contributed by atoms with Crippen molar-refractivity contribution >= 4 is 59.8 Å². The lowest BCUT2D eigenvalue weighted by molar-refractivity contribution is 0.503. The molecule has 4 aromatic rings. The molecule has 202 valence electrons. The van der Waals surface area contributed by atoms with Gasteiger partial charge in [-0.3, -0.25) is 0 Å². The van der Waals surface area contributed by atoms with Crippen molar-refractivity contribution in [2.24, 2.45) is 21.8 Å². The van der Waals surface area contributed by atoms with Gasteiger partial charge in [-0.1, -0.05) is 104 Å². The quantitative estimate of drug-likeness (QED) is 0.243. The van der Waals surface area contributed by atoms with Gasteiger partial charge in [0.1, 0.15) is 0 Å². The average molecular weight is 572 g/mol. The fraction of sp³-hybridized carbons (Fsp3) is 0.167. The highest BCUT2D eigenvalue weighted by molar-refractivity contribution is 7.25. The Hall–Kier alpha value is -3.99. The number of aliphatic imine (C=N–C) groups is 2. The molecule has 0 fully saturated rings. The number of allylic oxidation sites excluding steroid dienone is 9. The molecule has 3 unspecified atom stereocenters. The second-order valence-electron chi connectivity index (χ2n) is 11.0. The van der Waals surface area contributed by atoms with Crippen LogP contribution in [0.15, 0.2) is 136 Å². The number of hydrogen-bond acceptors (Lipinski definition) is 4. The minimum absolute atomic E-state index is 0.314. The number of thiophene rings is 1. The van der Waals surface area contributed by atoms with Gasteiger partial charge in [0.15, 0.2) is 16.8 Å². The predicted octanol–water partition coefficient (Wildman–Crippen LogP) is 9.43. The number of nitrogens with one attached hydrogen (secondary N) is 1. The molecule has 0 bridgehead atoms. The highest BCUT2D eigenvalue weighted by Gasteiger charge is 2.34. The standard InChI is InChI=1S/C36H30ClN3S/c1-23-10-6-7-13-29(23)26-16-18-28(36(2)39-34(38-35(37)40-36)24-11-4-3-5-12-24)21-27(20-26)25-17-19-33-31(22-25)30-14-8-9-15-32(30)41-33/h3-17,19-23,29H,18H2,1-2H3,(H,38,39,40). The lowest BCUT2D eigenvalue weighted by Crippen LogP contribution is -2.47. The third-order valence-corrected chi connectivity index (χ3v) is 9.58. The first-order valence-corrected chi connectivity index (χ1v) is 15.2. The Kier molecular flexibility index (Phi) is 6.61. The van der Waals surface area contributed by atoms with Gasteiger partial charge in [-0.25, -0.2) is 9.98 Å². The summed E-state index contributed by atoms with van der Waals surface area (Å²) in [5, 5.41) is 6.34. The number of hydrogen-bond donors (Lipinski definition) is 1. The normalized spacial score (nSPS) is 24.2. The second-order valence-corrected chi connectivity index (χ2v) is 12.5. The van der Waals surface area contributed by atoms with Crippen LogP contribution in [0.2, 0.25) is 0 Å². The largest absolute Gasteiger partial charge is 0.333 e. The van der Waals surface area contributed by atoms with E-state index < -0.39 is 5.66 Å². The van der Waals surface area contributed by atoms with E-state index in [1.165, 1.54) is 36.9 Å². The maximum absolute atomic E-state index is 6.62. The summed E-state index contributed by atoms with van der Waals surface area (Å²) in [5.41, 5.74) is 5.03. The molecule has 0 saturated carbocycles. The maximum atomic E-state index is 6.62. The van der Waals surface area contributed by atoms with Crippen molar-refractivity contribution < 1.29 is 0 Å². The van der Waals surface area contributed by atoms with E-state index in [9.17, 15) is 0 Å². The molecule has 7 rings (SSSR count). The van der Waals surface area contributed by atoms with Gasteiger partial charge >= 0.3 is 0 Å². The van der Waals surface area contributed by atoms with Crippen LogP contribution in [0.3, 0.4) is 0 Å². The van der Waals surface area contributed by atoms with Crippen molar-refractivity contribution in [1.82, 2.24) is 5.32 Å². The highest BCUT2D eigenvalue weighted by atomic mass is 35.5. The lowest BCUT2D eigenvalue weighted by atomic mass is 9.82. The molecule has 0 amide bonds. The zero-order chi connectivity index (χ0) is 28.0. The molecule has 1 N–H and O–H groups in total. The summed E-state index contributed by atoms with van der Waals surface area (Å²) < 4.78 is 2.62. The Morgan fingerprint density at radius 1 is 0.878 bits per heavy atom. The van der Waals surface area contributed by atoms with Crippen molar-refractivity contribution in [3.63, 3.8) is 0 Å². The lowest BCUT2D eigenvalue weighted by Gasteiger charge is -2.33. The Balaban J connectivity index is 1.37. The van der Waals surface area contributed by atoms with E-state index in [1.807, 2.05) is 41.7 Å². The summed E-state index contributed by atoms with van der Waals surface area (Å²) in [6.07, 6.45) is 16.7. The van der Waals surface area contributed by atoms with Crippen molar-refractivity contribution in [1.29, 1.82) is 0 Å². The molecule has 3 aliphatic rings. The molecule has 0 saturated heterocycles. The molecule has 1 aromatic heterocycles. The molecule has 3 atom stereocenters. The Morgan fingerprint density at radius 2 is 1.66 bits per heavy atom. The SMILES string of the molecule is CC1C=CC=CC1C1=CCC(C2(C)N=C(c3ccccc3)N=C(Cl)N2)=CC(c2ccc3sc4ccccc4c3c2)=C1. The second kappa shape index (κ2) is 10.4. The van der Waals surface area contributed by atoms with Crippen LogP contribution in [0.1, 0.15) is 31.4 Å². The molecule has 1 aliphatic heterocycles. The molecule has 5 heteroatoms. The van der Waals surface area contributed by atoms with Crippen LogP contribution in [0.25, 0.3) is 25.7 Å². The van der Waals surface area contributed by atoms with Gasteiger partial charge in [-0.15, -0.1) is 11.3 Å². The molecule has 3 aromatic carbocycles. The average Bonchev–Trinajstić information content (AvgIpc) is 3.20. The van der Waals surface area contributed by atoms with Crippen LogP contribution in [0, 0.1) is 11.8 Å². The molecular weight excluding hydrogens is 542 g/mol. The van der Waals surface area contributed by atoms with Crippen LogP contribution in [-0.4, -0.2) is 16.8 Å². The predicted molar refractivity (Wildman–Crippen MR) is 177 cm³/mol. The molecular formula is C36H30ClN3S. The van der Waals surface area contributed by atoms with Gasteiger partial charge in [0.05, 0.1) is 0 Å². The zero-order valence-electron chi connectivity index (χ0n) is 23.0. The third-order valence-electron chi connectivity index (χ3n) is 8.25. The first-order chi connectivity index (χ1) is 20.0. The summed E-state index contributed by atoms with van der Waals surface area (Å²) in [5.74, 6) is 1.37. The molecule has 2 aliphatic carbocycles. The monoisotopic (exact) mass is 571 g/mol. The van der Waals surface area contributed by atoms with Crippen LogP contribution < -0.4 is 5.32 Å². The summed E-state index contributed by atoms with van der Waals surface area (Å²) in [6.45, 7) is 4.38. The number of rotatable bonds is 4. The summed E-state index contributed by atoms with van der Waals surface area (Å²) in [7, 11) is 0. The van der Waals surface area contributed by atoms with Crippen LogP contribution in [0.4, 0.5) is 0 Å². The van der Waals surface area contributed by atoms with E-state index in [4.69, 9.17) is 16.6 Å². The number of nitrogens with zero attached hydrogens (tertiary/aromatic N) is 2. The minimum atomic E-state index is -0.748. The summed E-state index contributed by atoms with van der Waals surface area (Å²) in [4.78, 5) is 9.70. The van der Waals surface area contributed by atoms with Crippen LogP contribution in [-0.2, 0) is 0 Å². The van der Waals surface area contributed by atoms with Gasteiger partial charge in [-0.2, -0.15) is 0 Å². The molecule has 41 heavy (non-hydrogen) atoms. The third kappa shape index (κ3) is 4.92. The topological polar surface area (TPSA) is 36.8 Å². The van der Waals surface area contributed by atoms with Crippen molar-refractivity contribution in [3.05, 3.63) is 138 Å². The highest BCUT2D eigenvalue weighted by Crippen LogP contribution is 2.40. The smallest absolute Gasteiger partial charge is 0.200 e. The van der Waals surface area contributed by atoms with E-state index in [0.29, 0.717) is 23.0 Å². The van der Waals surface area contributed by atoms with E-state index in [0.717, 1.165) is 17.6 Å². The fourth-order valence-corrected chi connectivity index (χ4v) is 7.34. The van der Waals surface area contributed by atoms with E-state index >= 15 is 0 Å². The van der Waals surface area contributed by atoms with Crippen LogP contribution in [0.5, 0.6) is 0 Å². The van der Waals surface area contributed by atoms with E-state index in [1.54, 1.807) is 0 Å². The van der Waals surface area contributed by atoms with Gasteiger partial charge in [0.25, 0.3) is 0 Å². The number of fused-ring (bicyclic) bond motifs is 3. The number of halogens is 1. The zero-order valence-corrected chi connectivity index (χ0v) is 24.6. The minimum Gasteiger partial charge on any atom is -0.333 e. The fourth-order valence-electron chi connectivity index (χ4n) is 5.99.